The summed E-state index contributed by atoms with van der Waals surface area (Å²) in [7, 11) is 2.14. The van der Waals surface area contributed by atoms with Gasteiger partial charge in [0.15, 0.2) is 11.6 Å². The van der Waals surface area contributed by atoms with E-state index in [1.807, 2.05) is 36.6 Å². The summed E-state index contributed by atoms with van der Waals surface area (Å²) in [5.41, 5.74) is 3.62. The van der Waals surface area contributed by atoms with Crippen LogP contribution >= 0.6 is 0 Å². The summed E-state index contributed by atoms with van der Waals surface area (Å²) < 4.78 is 1.83. The molecule has 0 spiro atoms. The number of hydrogen-bond acceptors (Lipinski definition) is 7. The molecule has 1 aliphatic heterocycles. The second-order valence-electron chi connectivity index (χ2n) is 9.59. The minimum absolute atomic E-state index is 0.0368. The average Bonchev–Trinajstić information content (AvgIpc) is 3.29. The van der Waals surface area contributed by atoms with Gasteiger partial charge >= 0.3 is 0 Å². The Balaban J connectivity index is 1.65. The number of nitrogens with zero attached hydrogens (tertiary/aromatic N) is 5. The number of phenolic OH excluding ortho intramolecular Hbond substituents is 3. The minimum atomic E-state index is -0.0940. The van der Waals surface area contributed by atoms with Crippen LogP contribution in [0.5, 0.6) is 17.2 Å². The lowest BCUT2D eigenvalue weighted by atomic mass is 9.98. The summed E-state index contributed by atoms with van der Waals surface area (Å²) in [5, 5.41) is 40.6. The fraction of sp³-hybridized carbons (Fsp3) is 0.286. The van der Waals surface area contributed by atoms with E-state index in [1.165, 1.54) is 6.07 Å². The molecular formula is C28H31N5O3. The van der Waals surface area contributed by atoms with E-state index >= 15 is 0 Å². The number of likely N-dealkylation sites (N-methyl/N-ethyl adjacent to an activating group) is 1. The monoisotopic (exact) mass is 485 g/mol. The lowest BCUT2D eigenvalue weighted by Gasteiger charge is -2.34. The Labute approximate surface area is 210 Å². The highest BCUT2D eigenvalue weighted by molar-refractivity contribution is 5.74. The smallest absolute Gasteiger partial charge is 0.172 e. The molecule has 8 nitrogen and oxygen atoms in total. The summed E-state index contributed by atoms with van der Waals surface area (Å²) in [6.07, 6.45) is 0. The maximum Gasteiger partial charge on any atom is 0.172 e. The molecule has 0 amide bonds. The molecule has 0 saturated carbocycles. The van der Waals surface area contributed by atoms with Crippen molar-refractivity contribution in [3.63, 3.8) is 0 Å². The van der Waals surface area contributed by atoms with Gasteiger partial charge in [-0.2, -0.15) is 0 Å². The molecule has 5 rings (SSSR count). The molecule has 36 heavy (non-hydrogen) atoms. The van der Waals surface area contributed by atoms with Gasteiger partial charge < -0.3 is 25.1 Å². The van der Waals surface area contributed by atoms with E-state index in [0.29, 0.717) is 28.3 Å². The van der Waals surface area contributed by atoms with E-state index < -0.39 is 0 Å². The normalized spacial score (nSPS) is 14.5. The van der Waals surface area contributed by atoms with Gasteiger partial charge in [-0.3, -0.25) is 4.57 Å². The standard InChI is InChI=1S/C28H31N5O3/c1-18(2)22-16-23(26(36)17-25(22)35)28-30-29-27(21-6-4-5-7-24(21)34)33(28)20-10-8-19(9-11-20)32-14-12-31(3)13-15-32/h4-11,16-18,34-36H,12-15H2,1-3H3. The van der Waals surface area contributed by atoms with Crippen LogP contribution < -0.4 is 4.90 Å². The second-order valence-corrected chi connectivity index (χ2v) is 9.59. The van der Waals surface area contributed by atoms with E-state index in [9.17, 15) is 15.3 Å². The zero-order chi connectivity index (χ0) is 25.4. The zero-order valence-corrected chi connectivity index (χ0v) is 20.8. The minimum Gasteiger partial charge on any atom is -0.508 e. The van der Waals surface area contributed by atoms with Gasteiger partial charge in [-0.25, -0.2) is 0 Å². The van der Waals surface area contributed by atoms with Gasteiger partial charge in [0, 0.05) is 43.6 Å². The SMILES string of the molecule is CC(C)c1cc(-c2nnc(-c3ccccc3O)n2-c2ccc(N3CCN(C)CC3)cc2)c(O)cc1O. The van der Waals surface area contributed by atoms with Gasteiger partial charge in [-0.05, 0) is 61.0 Å². The summed E-state index contributed by atoms with van der Waals surface area (Å²) in [6, 6.07) is 18.3. The van der Waals surface area contributed by atoms with Crippen LogP contribution in [0.4, 0.5) is 5.69 Å². The summed E-state index contributed by atoms with van der Waals surface area (Å²) in [5.74, 6) is 0.943. The van der Waals surface area contributed by atoms with Crippen LogP contribution in [0.15, 0.2) is 60.7 Å². The molecule has 0 aliphatic carbocycles. The molecular weight excluding hydrogens is 454 g/mol. The molecule has 1 saturated heterocycles. The van der Waals surface area contributed by atoms with Gasteiger partial charge in [-0.15, -0.1) is 10.2 Å². The van der Waals surface area contributed by atoms with E-state index in [0.717, 1.165) is 37.6 Å². The van der Waals surface area contributed by atoms with Gasteiger partial charge in [0.25, 0.3) is 0 Å². The van der Waals surface area contributed by atoms with Crippen LogP contribution in [-0.2, 0) is 0 Å². The van der Waals surface area contributed by atoms with E-state index in [1.54, 1.807) is 24.3 Å². The lowest BCUT2D eigenvalue weighted by molar-refractivity contribution is 0.313. The number of aromatic nitrogens is 3. The van der Waals surface area contributed by atoms with Crippen molar-refractivity contribution in [1.82, 2.24) is 19.7 Å². The van der Waals surface area contributed by atoms with Crippen LogP contribution in [0, 0.1) is 0 Å². The highest BCUT2D eigenvalue weighted by Crippen LogP contribution is 2.40. The van der Waals surface area contributed by atoms with E-state index in [-0.39, 0.29) is 23.2 Å². The Kier molecular flexibility index (Phi) is 6.28. The van der Waals surface area contributed by atoms with Crippen molar-refractivity contribution >= 4 is 5.69 Å². The molecule has 4 aromatic rings. The topological polar surface area (TPSA) is 97.9 Å². The van der Waals surface area contributed by atoms with Crippen LogP contribution in [-0.4, -0.2) is 68.2 Å². The molecule has 186 valence electrons. The van der Waals surface area contributed by atoms with Crippen LogP contribution in [0.25, 0.3) is 28.5 Å². The van der Waals surface area contributed by atoms with Crippen LogP contribution in [0.3, 0.4) is 0 Å². The number of hydrogen-bond donors (Lipinski definition) is 3. The van der Waals surface area contributed by atoms with Gasteiger partial charge in [0.1, 0.15) is 17.2 Å². The average molecular weight is 486 g/mol. The Morgan fingerprint density at radius 2 is 1.31 bits per heavy atom. The number of aromatic hydroxyl groups is 3. The number of para-hydroxylation sites is 1. The molecule has 1 aromatic heterocycles. The van der Waals surface area contributed by atoms with Gasteiger partial charge in [0.2, 0.25) is 0 Å². The first kappa shape index (κ1) is 23.7. The van der Waals surface area contributed by atoms with E-state index in [2.05, 4.69) is 39.2 Å². The number of phenols is 3. The van der Waals surface area contributed by atoms with Crippen molar-refractivity contribution in [2.45, 2.75) is 19.8 Å². The largest absolute Gasteiger partial charge is 0.508 e. The van der Waals surface area contributed by atoms with Gasteiger partial charge in [-0.1, -0.05) is 26.0 Å². The predicted molar refractivity (Wildman–Crippen MR) is 141 cm³/mol. The molecule has 1 aliphatic rings. The Morgan fingerprint density at radius 3 is 1.94 bits per heavy atom. The summed E-state index contributed by atoms with van der Waals surface area (Å²) in [4.78, 5) is 4.68. The Hall–Kier alpha value is -4.04. The maximum atomic E-state index is 10.8. The Bertz CT molecular complexity index is 1370. The fourth-order valence-electron chi connectivity index (χ4n) is 4.65. The third-order valence-corrected chi connectivity index (χ3v) is 6.79. The van der Waals surface area contributed by atoms with Crippen LogP contribution in [0.1, 0.15) is 25.3 Å². The quantitative estimate of drug-likeness (QED) is 0.380. The molecule has 3 N–H and O–H groups in total. The lowest BCUT2D eigenvalue weighted by Crippen LogP contribution is -2.44. The van der Waals surface area contributed by atoms with Crippen molar-refractivity contribution in [3.05, 3.63) is 66.2 Å². The van der Waals surface area contributed by atoms with Gasteiger partial charge in [0.05, 0.1) is 11.1 Å². The number of rotatable bonds is 5. The highest BCUT2D eigenvalue weighted by Gasteiger charge is 2.23. The predicted octanol–water partition coefficient (Wildman–Crippen LogP) is 4.59. The summed E-state index contributed by atoms with van der Waals surface area (Å²) >= 11 is 0. The van der Waals surface area contributed by atoms with Crippen molar-refractivity contribution in [3.8, 4) is 45.7 Å². The molecule has 0 unspecified atom stereocenters. The highest BCUT2D eigenvalue weighted by atomic mass is 16.3. The van der Waals surface area contributed by atoms with Crippen molar-refractivity contribution in [2.75, 3.05) is 38.1 Å². The number of benzene rings is 3. The molecule has 0 bridgehead atoms. The number of piperazine rings is 1. The van der Waals surface area contributed by atoms with Crippen LogP contribution in [0.2, 0.25) is 0 Å². The molecule has 3 aromatic carbocycles. The first-order valence-corrected chi connectivity index (χ1v) is 12.2. The molecule has 1 fully saturated rings. The molecule has 0 atom stereocenters. The first-order chi connectivity index (χ1) is 17.3. The Morgan fingerprint density at radius 1 is 0.694 bits per heavy atom. The third kappa shape index (κ3) is 4.35. The van der Waals surface area contributed by atoms with Crippen molar-refractivity contribution in [1.29, 1.82) is 0 Å². The van der Waals surface area contributed by atoms with Crippen molar-refractivity contribution in [2.24, 2.45) is 0 Å². The van der Waals surface area contributed by atoms with E-state index in [4.69, 9.17) is 0 Å². The van der Waals surface area contributed by atoms with Crippen molar-refractivity contribution < 1.29 is 15.3 Å². The fourth-order valence-corrected chi connectivity index (χ4v) is 4.65. The molecule has 2 heterocycles. The summed E-state index contributed by atoms with van der Waals surface area (Å²) in [6.45, 7) is 7.93. The zero-order valence-electron chi connectivity index (χ0n) is 20.8. The number of anilines is 1. The molecule has 0 radical (unpaired) electrons. The maximum absolute atomic E-state index is 10.8. The third-order valence-electron chi connectivity index (χ3n) is 6.79. The second kappa shape index (κ2) is 9.54. The molecule has 8 heteroatoms. The first-order valence-electron chi connectivity index (χ1n) is 12.2.